The van der Waals surface area contributed by atoms with Crippen molar-refractivity contribution in [2.24, 2.45) is 0 Å². The third kappa shape index (κ3) is 4.29. The Morgan fingerprint density at radius 2 is 1.91 bits per heavy atom. The smallest absolute Gasteiger partial charge is 0.266 e. The average Bonchev–Trinajstić information content (AvgIpc) is 2.80. The lowest BCUT2D eigenvalue weighted by Gasteiger charge is -2.10. The highest BCUT2D eigenvalue weighted by atomic mass is 19.2. The van der Waals surface area contributed by atoms with Gasteiger partial charge in [-0.2, -0.15) is 0 Å². The van der Waals surface area contributed by atoms with Crippen LogP contribution < -0.4 is 15.6 Å². The van der Waals surface area contributed by atoms with Crippen LogP contribution in [0.5, 0.6) is 5.88 Å². The van der Waals surface area contributed by atoms with Crippen molar-refractivity contribution >= 4 is 16.8 Å². The minimum atomic E-state index is -1.02. The van der Waals surface area contributed by atoms with Gasteiger partial charge in [-0.1, -0.05) is 12.1 Å². The van der Waals surface area contributed by atoms with Gasteiger partial charge in [0.1, 0.15) is 11.9 Å². The molecule has 2 aromatic heterocycles. The molecule has 0 unspecified atom stereocenters. The van der Waals surface area contributed by atoms with Crippen LogP contribution >= 0.6 is 0 Å². The summed E-state index contributed by atoms with van der Waals surface area (Å²) in [5.41, 5.74) is 1.04. The molecule has 162 valence electrons. The van der Waals surface area contributed by atoms with Gasteiger partial charge in [-0.15, -0.1) is 0 Å². The van der Waals surface area contributed by atoms with Crippen molar-refractivity contribution in [3.63, 3.8) is 0 Å². The number of ether oxygens (including phenoxy) is 1. The molecule has 8 nitrogen and oxygen atoms in total. The topological polar surface area (TPSA) is 99.0 Å². The second kappa shape index (κ2) is 8.88. The number of fused-ring (bicyclic) bond motifs is 1. The third-order valence-corrected chi connectivity index (χ3v) is 4.79. The minimum absolute atomic E-state index is 0.0609. The molecule has 0 saturated heterocycles. The monoisotopic (exact) mass is 437 g/mol. The van der Waals surface area contributed by atoms with Gasteiger partial charge in [0.05, 0.1) is 30.9 Å². The first-order chi connectivity index (χ1) is 15.5. The molecule has 0 saturated carbocycles. The lowest BCUT2D eigenvalue weighted by molar-refractivity contribution is 0.0948. The molecule has 0 aliphatic heterocycles. The van der Waals surface area contributed by atoms with Gasteiger partial charge in [0.2, 0.25) is 5.88 Å². The molecule has 1 N–H and O–H groups in total. The Hall–Kier alpha value is -4.21. The summed E-state index contributed by atoms with van der Waals surface area (Å²) in [5, 5.41) is 3.37. The summed E-state index contributed by atoms with van der Waals surface area (Å²) in [6.07, 6.45) is 3.79. The number of hydrogen-bond acceptors (Lipinski definition) is 6. The maximum absolute atomic E-state index is 13.4. The molecule has 0 aliphatic carbocycles. The molecule has 10 heteroatoms. The Balaban J connectivity index is 1.51. The molecule has 2 heterocycles. The molecule has 0 spiro atoms. The zero-order valence-electron chi connectivity index (χ0n) is 16.9. The molecule has 0 atom stereocenters. The number of carbonyl (C=O) groups excluding carboxylic acids is 1. The van der Waals surface area contributed by atoms with E-state index in [1.807, 2.05) is 0 Å². The second-order valence-corrected chi connectivity index (χ2v) is 6.91. The van der Waals surface area contributed by atoms with Gasteiger partial charge in [-0.05, 0) is 35.4 Å². The van der Waals surface area contributed by atoms with Gasteiger partial charge in [0, 0.05) is 12.7 Å². The predicted octanol–water partition coefficient (Wildman–Crippen LogP) is 2.45. The van der Waals surface area contributed by atoms with E-state index in [0.29, 0.717) is 22.3 Å². The zero-order chi connectivity index (χ0) is 22.7. The Kier molecular flexibility index (Phi) is 5.84. The number of carbonyl (C=O) groups is 1. The summed E-state index contributed by atoms with van der Waals surface area (Å²) in [6.45, 7) is 0.0823. The van der Waals surface area contributed by atoms with Crippen LogP contribution in [0, 0.1) is 11.6 Å². The second-order valence-electron chi connectivity index (χ2n) is 6.91. The first-order valence-electron chi connectivity index (χ1n) is 9.50. The summed E-state index contributed by atoms with van der Waals surface area (Å²) >= 11 is 0. The molecule has 32 heavy (non-hydrogen) atoms. The SMILES string of the molecule is COc1ncnc2ccc(CNC(=O)c3cncn(Cc4ccc(F)c(F)c4)c3=O)cc12. The number of rotatable bonds is 6. The van der Waals surface area contributed by atoms with E-state index in [4.69, 9.17) is 4.74 Å². The lowest BCUT2D eigenvalue weighted by Crippen LogP contribution is -2.33. The molecule has 1 amide bonds. The van der Waals surface area contributed by atoms with Crippen LogP contribution in [0.15, 0.2) is 60.0 Å². The summed E-state index contributed by atoms with van der Waals surface area (Å²) < 4.78 is 32.9. The van der Waals surface area contributed by atoms with Crippen LogP contribution in [0.25, 0.3) is 10.9 Å². The maximum atomic E-state index is 13.4. The van der Waals surface area contributed by atoms with Crippen molar-refractivity contribution in [3.8, 4) is 5.88 Å². The zero-order valence-corrected chi connectivity index (χ0v) is 16.9. The predicted molar refractivity (Wildman–Crippen MR) is 111 cm³/mol. The van der Waals surface area contributed by atoms with E-state index in [0.717, 1.165) is 28.5 Å². The van der Waals surface area contributed by atoms with Crippen molar-refractivity contribution in [2.45, 2.75) is 13.1 Å². The number of nitrogens with zero attached hydrogens (tertiary/aromatic N) is 4. The fourth-order valence-electron chi connectivity index (χ4n) is 3.18. The van der Waals surface area contributed by atoms with E-state index in [9.17, 15) is 18.4 Å². The minimum Gasteiger partial charge on any atom is -0.480 e. The Morgan fingerprint density at radius 3 is 2.69 bits per heavy atom. The molecule has 4 aromatic rings. The number of aromatic nitrogens is 4. The molecule has 0 fully saturated rings. The molecule has 0 aliphatic rings. The molecular formula is C22H17F2N5O3. The van der Waals surface area contributed by atoms with Crippen LogP contribution in [0.3, 0.4) is 0 Å². The number of benzene rings is 2. The van der Waals surface area contributed by atoms with E-state index in [1.54, 1.807) is 18.2 Å². The van der Waals surface area contributed by atoms with Crippen LogP contribution in [-0.4, -0.2) is 32.5 Å². The molecule has 2 aromatic carbocycles. The first kappa shape index (κ1) is 21.0. The Bertz CT molecular complexity index is 1370. The van der Waals surface area contributed by atoms with Gasteiger partial charge in [0.15, 0.2) is 11.6 Å². The van der Waals surface area contributed by atoms with Crippen LogP contribution in [0.4, 0.5) is 8.78 Å². The number of methoxy groups -OCH3 is 1. The van der Waals surface area contributed by atoms with E-state index < -0.39 is 23.1 Å². The summed E-state index contributed by atoms with van der Waals surface area (Å²) in [6, 6.07) is 8.68. The van der Waals surface area contributed by atoms with Crippen molar-refractivity contribution in [2.75, 3.05) is 7.11 Å². The fourth-order valence-corrected chi connectivity index (χ4v) is 3.18. The van der Waals surface area contributed by atoms with Gasteiger partial charge in [-0.3, -0.25) is 14.2 Å². The highest BCUT2D eigenvalue weighted by Gasteiger charge is 2.14. The summed E-state index contributed by atoms with van der Waals surface area (Å²) in [5.74, 6) is -2.20. The number of amides is 1. The first-order valence-corrected chi connectivity index (χ1v) is 9.50. The van der Waals surface area contributed by atoms with Gasteiger partial charge < -0.3 is 10.1 Å². The third-order valence-electron chi connectivity index (χ3n) is 4.79. The van der Waals surface area contributed by atoms with Crippen LogP contribution in [-0.2, 0) is 13.1 Å². The van der Waals surface area contributed by atoms with Crippen molar-refractivity contribution in [1.29, 1.82) is 0 Å². The summed E-state index contributed by atoms with van der Waals surface area (Å²) in [4.78, 5) is 37.4. The van der Waals surface area contributed by atoms with Gasteiger partial charge in [-0.25, -0.2) is 23.7 Å². The van der Waals surface area contributed by atoms with Crippen LogP contribution in [0.1, 0.15) is 21.5 Å². The van der Waals surface area contributed by atoms with E-state index in [1.165, 1.54) is 25.8 Å². The van der Waals surface area contributed by atoms with Crippen molar-refractivity contribution in [1.82, 2.24) is 24.8 Å². The van der Waals surface area contributed by atoms with Crippen LogP contribution in [0.2, 0.25) is 0 Å². The number of hydrogen-bond donors (Lipinski definition) is 1. The van der Waals surface area contributed by atoms with E-state index in [2.05, 4.69) is 20.3 Å². The molecular weight excluding hydrogens is 420 g/mol. The standard InChI is InChI=1S/C22H17F2N5O3/c1-32-21-15-6-13(3-5-19(15)27-11-28-21)8-26-20(30)16-9-25-12-29(22(16)31)10-14-2-4-17(23)18(24)7-14/h2-7,9,11-12H,8,10H2,1H3,(H,26,30). The summed E-state index contributed by atoms with van der Waals surface area (Å²) in [7, 11) is 1.50. The number of halogens is 2. The van der Waals surface area contributed by atoms with E-state index in [-0.39, 0.29) is 18.7 Å². The van der Waals surface area contributed by atoms with Gasteiger partial charge >= 0.3 is 0 Å². The van der Waals surface area contributed by atoms with Crippen molar-refractivity contribution < 1.29 is 18.3 Å². The van der Waals surface area contributed by atoms with E-state index >= 15 is 0 Å². The highest BCUT2D eigenvalue weighted by molar-refractivity contribution is 5.93. The molecule has 0 bridgehead atoms. The average molecular weight is 437 g/mol. The fraction of sp³-hybridized carbons (Fsp3) is 0.136. The number of nitrogens with one attached hydrogen (secondary N) is 1. The normalized spacial score (nSPS) is 10.8. The highest BCUT2D eigenvalue weighted by Crippen LogP contribution is 2.22. The quantitative estimate of drug-likeness (QED) is 0.498. The largest absolute Gasteiger partial charge is 0.480 e. The van der Waals surface area contributed by atoms with Gasteiger partial charge in [0.25, 0.3) is 11.5 Å². The molecule has 4 rings (SSSR count). The van der Waals surface area contributed by atoms with Crippen molar-refractivity contribution in [3.05, 3.63) is 93.9 Å². The molecule has 0 radical (unpaired) electrons. The maximum Gasteiger partial charge on any atom is 0.266 e. The Morgan fingerprint density at radius 1 is 1.09 bits per heavy atom. The lowest BCUT2D eigenvalue weighted by atomic mass is 10.1. The Labute approximate surface area is 180 Å².